The van der Waals surface area contributed by atoms with Gasteiger partial charge in [-0.05, 0) is 63.5 Å². The molecular weight excluding hydrogens is 555 g/mol. The minimum absolute atomic E-state index is 0. The molecule has 1 aromatic carbocycles. The van der Waals surface area contributed by atoms with Crippen LogP contribution >= 0.6 is 58.4 Å². The van der Waals surface area contributed by atoms with Gasteiger partial charge in [0.05, 0.1) is 14.6 Å². The molecule has 7 nitrogen and oxygen atoms in total. The number of thioether (sulfide) groups is 1. The fourth-order valence-corrected chi connectivity index (χ4v) is 8.56. The number of hydrogen-bond acceptors (Lipinski definition) is 8. The summed E-state index contributed by atoms with van der Waals surface area (Å²) in [5, 5.41) is 0.596. The number of likely N-dealkylation sites (N-methyl/N-ethyl adjacent to an activating group) is 1. The maximum Gasteiger partial charge on any atom is 0.253 e. The van der Waals surface area contributed by atoms with E-state index in [1.807, 2.05) is 37.4 Å². The summed E-state index contributed by atoms with van der Waals surface area (Å²) < 4.78 is 29.5. The maximum atomic E-state index is 13.8. The monoisotopic (exact) mass is 580 g/mol. The topological polar surface area (TPSA) is 73.8 Å². The first-order chi connectivity index (χ1) is 15.7. The molecule has 2 aromatic heterocycles. The Hall–Kier alpha value is -0.920. The number of fused-ring (bicyclic) bond motifs is 1. The van der Waals surface area contributed by atoms with Gasteiger partial charge >= 0.3 is 0 Å². The summed E-state index contributed by atoms with van der Waals surface area (Å²) in [4.78, 5) is 23.3. The Morgan fingerprint density at radius 2 is 2.00 bits per heavy atom. The smallest absolute Gasteiger partial charge is 0.253 e. The first-order valence-corrected chi connectivity index (χ1v) is 15.1. The van der Waals surface area contributed by atoms with E-state index in [1.54, 1.807) is 22.7 Å². The molecule has 13 heteroatoms. The second kappa shape index (κ2) is 11.4. The average Bonchev–Trinajstić information content (AvgIpc) is 3.52. The number of rotatable bonds is 8. The van der Waals surface area contributed by atoms with Crippen molar-refractivity contribution < 1.29 is 13.2 Å². The van der Waals surface area contributed by atoms with E-state index in [-0.39, 0.29) is 22.5 Å². The highest BCUT2D eigenvalue weighted by molar-refractivity contribution is 7.98. The van der Waals surface area contributed by atoms with Gasteiger partial charge in [-0.3, -0.25) is 9.69 Å². The molecule has 1 unspecified atom stereocenters. The van der Waals surface area contributed by atoms with Crippen molar-refractivity contribution in [2.75, 3.05) is 44.9 Å². The number of thiazole rings is 1. The Morgan fingerprint density at radius 1 is 1.24 bits per heavy atom. The van der Waals surface area contributed by atoms with Crippen LogP contribution in [0.25, 0.3) is 10.2 Å². The number of hydrogen-bond donors (Lipinski definition) is 0. The number of sulfonamides is 1. The highest BCUT2D eigenvalue weighted by Gasteiger charge is 2.42. The minimum atomic E-state index is -3.80. The predicted molar refractivity (Wildman–Crippen MR) is 146 cm³/mol. The summed E-state index contributed by atoms with van der Waals surface area (Å²) in [5.41, 5.74) is 0.833. The van der Waals surface area contributed by atoms with Gasteiger partial charge in [0.15, 0.2) is 5.13 Å². The molecule has 0 spiro atoms. The third kappa shape index (κ3) is 5.73. The summed E-state index contributed by atoms with van der Waals surface area (Å²) in [6, 6.07) is 8.36. The van der Waals surface area contributed by atoms with Crippen molar-refractivity contribution in [2.24, 2.45) is 0 Å². The molecule has 3 aromatic rings. The number of carbonyl (C=O) groups excluding carboxylic acids is 1. The Kier molecular flexibility index (Phi) is 9.30. The normalized spacial score (nSPS) is 16.8. The summed E-state index contributed by atoms with van der Waals surface area (Å²) in [5.74, 6) is -0.232. The molecule has 0 radical (unpaired) electrons. The third-order valence-corrected chi connectivity index (χ3v) is 10.8. The molecular formula is C21H26Cl2N4O3S4. The molecule has 4 rings (SSSR count). The SMILES string of the molecule is CSc1ccc2nc(N(CCN(C)C)C(=O)C3CCCN3S(=O)(=O)c3ccc(Cl)s3)sc2c1.Cl. The molecule has 186 valence electrons. The minimum Gasteiger partial charge on any atom is -0.308 e. The zero-order valence-corrected chi connectivity index (χ0v) is 23.8. The van der Waals surface area contributed by atoms with E-state index in [9.17, 15) is 13.2 Å². The van der Waals surface area contributed by atoms with Gasteiger partial charge in [0.1, 0.15) is 10.3 Å². The van der Waals surface area contributed by atoms with Crippen LogP contribution in [-0.4, -0.2) is 74.5 Å². The van der Waals surface area contributed by atoms with Crippen molar-refractivity contribution in [1.82, 2.24) is 14.2 Å². The molecule has 0 bridgehead atoms. The van der Waals surface area contributed by atoms with Gasteiger partial charge in [0.25, 0.3) is 10.0 Å². The van der Waals surface area contributed by atoms with Crippen molar-refractivity contribution in [3.63, 3.8) is 0 Å². The van der Waals surface area contributed by atoms with Crippen molar-refractivity contribution in [3.05, 3.63) is 34.7 Å². The number of nitrogens with zero attached hydrogens (tertiary/aromatic N) is 4. The van der Waals surface area contributed by atoms with E-state index in [2.05, 4.69) is 6.07 Å². The number of carbonyl (C=O) groups is 1. The highest BCUT2D eigenvalue weighted by atomic mass is 35.5. The second-order valence-electron chi connectivity index (χ2n) is 7.96. The van der Waals surface area contributed by atoms with Gasteiger partial charge in [-0.1, -0.05) is 22.9 Å². The fourth-order valence-electron chi connectivity index (χ4n) is 3.74. The molecule has 3 heterocycles. The standard InChI is InChI=1S/C21H25ClN4O3S4.ClH/c1-24(2)11-12-25(21-23-15-7-6-14(30-3)13-17(15)31-21)20(27)16-5-4-10-26(16)33(28,29)19-9-8-18(22)32-19;/h6-9,13,16H,4-5,10-12H2,1-3H3;1H. The number of anilines is 1. The maximum absolute atomic E-state index is 13.8. The Morgan fingerprint density at radius 3 is 2.65 bits per heavy atom. The Labute approximate surface area is 223 Å². The Bertz CT molecular complexity index is 1260. The van der Waals surface area contributed by atoms with Gasteiger partial charge in [-0.25, -0.2) is 13.4 Å². The van der Waals surface area contributed by atoms with Crippen LogP contribution in [0.4, 0.5) is 5.13 Å². The molecule has 1 atom stereocenters. The molecule has 1 amide bonds. The zero-order chi connectivity index (χ0) is 23.8. The summed E-state index contributed by atoms with van der Waals surface area (Å²) >= 11 is 10.1. The van der Waals surface area contributed by atoms with E-state index in [0.29, 0.717) is 41.9 Å². The average molecular weight is 582 g/mol. The molecule has 1 fully saturated rings. The molecule has 34 heavy (non-hydrogen) atoms. The first-order valence-electron chi connectivity index (χ1n) is 10.4. The largest absolute Gasteiger partial charge is 0.308 e. The van der Waals surface area contributed by atoms with Crippen molar-refractivity contribution in [2.45, 2.75) is 28.0 Å². The lowest BCUT2D eigenvalue weighted by Crippen LogP contribution is -2.49. The predicted octanol–water partition coefficient (Wildman–Crippen LogP) is 4.90. The molecule has 0 aliphatic carbocycles. The van der Waals surface area contributed by atoms with Gasteiger partial charge in [0.2, 0.25) is 5.91 Å². The summed E-state index contributed by atoms with van der Waals surface area (Å²) in [7, 11) is 0.0832. The van der Waals surface area contributed by atoms with Gasteiger partial charge in [0, 0.05) is 24.5 Å². The molecule has 1 aliphatic heterocycles. The number of thiophene rings is 1. The van der Waals surface area contributed by atoms with Crippen molar-refractivity contribution >= 4 is 89.7 Å². The van der Waals surface area contributed by atoms with Gasteiger partial charge in [-0.15, -0.1) is 35.5 Å². The molecule has 1 saturated heterocycles. The molecule has 0 N–H and O–H groups in total. The van der Waals surface area contributed by atoms with Gasteiger partial charge in [-0.2, -0.15) is 4.31 Å². The summed E-state index contributed by atoms with van der Waals surface area (Å²) in [6.45, 7) is 1.38. The van der Waals surface area contributed by atoms with E-state index >= 15 is 0 Å². The zero-order valence-electron chi connectivity index (χ0n) is 18.9. The lowest BCUT2D eigenvalue weighted by Gasteiger charge is -2.29. The van der Waals surface area contributed by atoms with Crippen molar-refractivity contribution in [3.8, 4) is 0 Å². The first kappa shape index (κ1) is 27.7. The number of benzene rings is 1. The second-order valence-corrected chi connectivity index (χ2v) is 13.7. The summed E-state index contributed by atoms with van der Waals surface area (Å²) in [6.07, 6.45) is 3.14. The van der Waals surface area contributed by atoms with Crippen LogP contribution in [0.1, 0.15) is 12.8 Å². The highest BCUT2D eigenvalue weighted by Crippen LogP contribution is 2.35. The van der Waals surface area contributed by atoms with Crippen LogP contribution in [0.2, 0.25) is 4.34 Å². The van der Waals surface area contributed by atoms with Gasteiger partial charge < -0.3 is 4.90 Å². The van der Waals surface area contributed by atoms with Crippen molar-refractivity contribution in [1.29, 1.82) is 0 Å². The number of aromatic nitrogens is 1. The number of halogens is 2. The van der Waals surface area contributed by atoms with Crippen LogP contribution in [0, 0.1) is 0 Å². The van der Waals surface area contributed by atoms with E-state index in [4.69, 9.17) is 16.6 Å². The lowest BCUT2D eigenvalue weighted by atomic mass is 10.2. The number of amides is 1. The molecule has 1 aliphatic rings. The van der Waals surface area contributed by atoms with E-state index in [0.717, 1.165) is 26.4 Å². The van der Waals surface area contributed by atoms with Crippen LogP contribution in [-0.2, 0) is 14.8 Å². The van der Waals surface area contributed by atoms with Crippen LogP contribution in [0.15, 0.2) is 39.4 Å². The molecule has 0 saturated carbocycles. The quantitative estimate of drug-likeness (QED) is 0.353. The van der Waals surface area contributed by atoms with E-state index in [1.165, 1.54) is 21.7 Å². The van der Waals surface area contributed by atoms with Crippen LogP contribution in [0.5, 0.6) is 0 Å². The Balaban J connectivity index is 0.00000324. The van der Waals surface area contributed by atoms with Crippen LogP contribution in [0.3, 0.4) is 0 Å². The third-order valence-electron chi connectivity index (χ3n) is 5.45. The van der Waals surface area contributed by atoms with Crippen LogP contribution < -0.4 is 4.90 Å². The fraction of sp³-hybridized carbons (Fsp3) is 0.429. The van der Waals surface area contributed by atoms with E-state index < -0.39 is 16.1 Å². The lowest BCUT2D eigenvalue weighted by molar-refractivity contribution is -0.121.